The lowest BCUT2D eigenvalue weighted by molar-refractivity contribution is 1.02. The molecule has 18 heavy (non-hydrogen) atoms. The van der Waals surface area contributed by atoms with Crippen molar-refractivity contribution in [3.63, 3.8) is 0 Å². The number of hydrogen-bond donors (Lipinski definition) is 0. The molecule has 0 radical (unpaired) electrons. The van der Waals surface area contributed by atoms with Crippen LogP contribution in [0, 0.1) is 0 Å². The van der Waals surface area contributed by atoms with Crippen molar-refractivity contribution in [2.24, 2.45) is 4.99 Å². The smallest absolute Gasteiger partial charge is 0.100 e. The van der Waals surface area contributed by atoms with Crippen LogP contribution in [0.1, 0.15) is 6.92 Å². The molecule has 0 spiro atoms. The van der Waals surface area contributed by atoms with E-state index in [0.29, 0.717) is 0 Å². The minimum atomic E-state index is 0.904. The van der Waals surface area contributed by atoms with Crippen molar-refractivity contribution < 1.29 is 0 Å². The summed E-state index contributed by atoms with van der Waals surface area (Å²) in [7, 11) is 0. The number of rotatable bonds is 2. The van der Waals surface area contributed by atoms with Crippen LogP contribution in [0.5, 0.6) is 0 Å². The largest absolute Gasteiger partial charge is 0.329 e. The first kappa shape index (κ1) is 11.0. The van der Waals surface area contributed by atoms with Gasteiger partial charge in [0.05, 0.1) is 6.54 Å². The molecule has 0 unspecified atom stereocenters. The third-order valence-electron chi connectivity index (χ3n) is 3.32. The van der Waals surface area contributed by atoms with Gasteiger partial charge in [0, 0.05) is 12.2 Å². The van der Waals surface area contributed by atoms with Gasteiger partial charge in [-0.25, -0.2) is 0 Å². The van der Waals surface area contributed by atoms with Crippen molar-refractivity contribution in [2.75, 3.05) is 18.0 Å². The van der Waals surface area contributed by atoms with Gasteiger partial charge in [0.15, 0.2) is 0 Å². The van der Waals surface area contributed by atoms with E-state index < -0.39 is 0 Å². The van der Waals surface area contributed by atoms with Crippen LogP contribution in [0.15, 0.2) is 59.6 Å². The maximum absolute atomic E-state index is 4.44. The molecule has 0 saturated carbocycles. The molecule has 0 N–H and O–H groups in total. The topological polar surface area (TPSA) is 15.6 Å². The summed E-state index contributed by atoms with van der Waals surface area (Å²) in [6, 6.07) is 19.1. The second-order valence-electron chi connectivity index (χ2n) is 4.50. The lowest BCUT2D eigenvalue weighted by Gasteiger charge is -2.19. The fourth-order valence-electron chi connectivity index (χ4n) is 2.36. The lowest BCUT2D eigenvalue weighted by atomic mass is 10.1. The van der Waals surface area contributed by atoms with Gasteiger partial charge in [-0.1, -0.05) is 42.5 Å². The highest BCUT2D eigenvalue weighted by Gasteiger charge is 2.14. The Morgan fingerprint density at radius 3 is 2.44 bits per heavy atom. The van der Waals surface area contributed by atoms with E-state index in [0.717, 1.165) is 18.9 Å². The Bertz CT molecular complexity index is 573. The standard InChI is InChI=1S/C16H16N2/c1-13-17-10-11-18(13)16-9-5-8-15(12-16)14-6-3-2-4-7-14/h2-9,12H,10-11H2,1H3. The summed E-state index contributed by atoms with van der Waals surface area (Å²) in [5, 5.41) is 0. The molecule has 1 aliphatic rings. The average molecular weight is 236 g/mol. The molecule has 90 valence electrons. The molecule has 0 bridgehead atoms. The van der Waals surface area contributed by atoms with Gasteiger partial charge in [0.25, 0.3) is 0 Å². The minimum absolute atomic E-state index is 0.904. The van der Waals surface area contributed by atoms with Gasteiger partial charge in [-0.2, -0.15) is 0 Å². The molecular formula is C16H16N2. The molecule has 2 aromatic rings. The van der Waals surface area contributed by atoms with Crippen molar-refractivity contribution in [1.82, 2.24) is 0 Å². The van der Waals surface area contributed by atoms with Crippen molar-refractivity contribution >= 4 is 11.5 Å². The van der Waals surface area contributed by atoms with E-state index in [2.05, 4.69) is 65.3 Å². The molecule has 2 aromatic carbocycles. The zero-order valence-corrected chi connectivity index (χ0v) is 10.5. The molecule has 2 nitrogen and oxygen atoms in total. The molecule has 2 heteroatoms. The van der Waals surface area contributed by atoms with E-state index in [1.54, 1.807) is 0 Å². The first-order valence-electron chi connectivity index (χ1n) is 6.29. The minimum Gasteiger partial charge on any atom is -0.329 e. The quantitative estimate of drug-likeness (QED) is 0.778. The van der Waals surface area contributed by atoms with Gasteiger partial charge >= 0.3 is 0 Å². The predicted octanol–water partition coefficient (Wildman–Crippen LogP) is 3.59. The summed E-state index contributed by atoms with van der Waals surface area (Å²) < 4.78 is 0. The van der Waals surface area contributed by atoms with E-state index in [4.69, 9.17) is 0 Å². The van der Waals surface area contributed by atoms with Crippen LogP contribution < -0.4 is 4.90 Å². The third-order valence-corrected chi connectivity index (χ3v) is 3.32. The number of amidine groups is 1. The molecule has 0 aromatic heterocycles. The van der Waals surface area contributed by atoms with Gasteiger partial charge in [-0.15, -0.1) is 0 Å². The number of nitrogens with zero attached hydrogens (tertiary/aromatic N) is 2. The molecule has 0 atom stereocenters. The number of anilines is 1. The molecule has 0 saturated heterocycles. The zero-order chi connectivity index (χ0) is 12.4. The average Bonchev–Trinajstić information content (AvgIpc) is 2.86. The van der Waals surface area contributed by atoms with E-state index >= 15 is 0 Å². The summed E-state index contributed by atoms with van der Waals surface area (Å²) in [6.45, 7) is 3.97. The first-order valence-corrected chi connectivity index (χ1v) is 6.29. The Kier molecular flexibility index (Phi) is 2.85. The summed E-state index contributed by atoms with van der Waals surface area (Å²) in [5.41, 5.74) is 3.75. The van der Waals surface area contributed by atoms with Crippen LogP contribution >= 0.6 is 0 Å². The molecule has 3 rings (SSSR count). The van der Waals surface area contributed by atoms with Crippen molar-refractivity contribution in [3.8, 4) is 11.1 Å². The van der Waals surface area contributed by atoms with Gasteiger partial charge in [0.1, 0.15) is 5.84 Å². The fourth-order valence-corrected chi connectivity index (χ4v) is 2.36. The van der Waals surface area contributed by atoms with Gasteiger partial charge in [0.2, 0.25) is 0 Å². The Hall–Kier alpha value is -2.09. The molecule has 1 heterocycles. The predicted molar refractivity (Wildman–Crippen MR) is 77.2 cm³/mol. The van der Waals surface area contributed by atoms with E-state index in [1.165, 1.54) is 16.8 Å². The summed E-state index contributed by atoms with van der Waals surface area (Å²) in [4.78, 5) is 6.71. The van der Waals surface area contributed by atoms with Crippen molar-refractivity contribution in [1.29, 1.82) is 0 Å². The van der Waals surface area contributed by atoms with Crippen LogP contribution in [0.25, 0.3) is 11.1 Å². The Labute approximate surface area is 108 Å². The maximum Gasteiger partial charge on any atom is 0.100 e. The van der Waals surface area contributed by atoms with Crippen LogP contribution in [0.4, 0.5) is 5.69 Å². The van der Waals surface area contributed by atoms with Gasteiger partial charge < -0.3 is 4.90 Å². The van der Waals surface area contributed by atoms with Crippen LogP contribution in [0.2, 0.25) is 0 Å². The highest BCUT2D eigenvalue weighted by Crippen LogP contribution is 2.25. The molecule has 0 amide bonds. The van der Waals surface area contributed by atoms with Crippen molar-refractivity contribution in [2.45, 2.75) is 6.92 Å². The fraction of sp³-hybridized carbons (Fsp3) is 0.188. The number of benzene rings is 2. The maximum atomic E-state index is 4.44. The van der Waals surface area contributed by atoms with Crippen LogP contribution in [-0.2, 0) is 0 Å². The number of aliphatic imine (C=N–C) groups is 1. The summed E-state index contributed by atoms with van der Waals surface area (Å²) in [6.07, 6.45) is 0. The molecule has 1 aliphatic heterocycles. The SMILES string of the molecule is CC1=NCCN1c1cccc(-c2ccccc2)c1. The molecular weight excluding hydrogens is 220 g/mol. The van der Waals surface area contributed by atoms with Gasteiger partial charge in [-0.3, -0.25) is 4.99 Å². The lowest BCUT2D eigenvalue weighted by Crippen LogP contribution is -2.24. The summed E-state index contributed by atoms with van der Waals surface area (Å²) in [5.74, 6) is 1.11. The summed E-state index contributed by atoms with van der Waals surface area (Å²) >= 11 is 0. The van der Waals surface area contributed by atoms with Gasteiger partial charge in [-0.05, 0) is 30.2 Å². The molecule has 0 fully saturated rings. The van der Waals surface area contributed by atoms with Crippen molar-refractivity contribution in [3.05, 3.63) is 54.6 Å². The van der Waals surface area contributed by atoms with E-state index in [9.17, 15) is 0 Å². The second-order valence-corrected chi connectivity index (χ2v) is 4.50. The third kappa shape index (κ3) is 2.02. The van der Waals surface area contributed by atoms with Crippen LogP contribution in [-0.4, -0.2) is 18.9 Å². The molecule has 0 aliphatic carbocycles. The van der Waals surface area contributed by atoms with Crippen LogP contribution in [0.3, 0.4) is 0 Å². The Balaban J connectivity index is 1.97. The number of hydrogen-bond acceptors (Lipinski definition) is 2. The van der Waals surface area contributed by atoms with E-state index in [-0.39, 0.29) is 0 Å². The normalized spacial score (nSPS) is 14.7. The Morgan fingerprint density at radius 2 is 1.72 bits per heavy atom. The first-order chi connectivity index (χ1) is 8.84. The highest BCUT2D eigenvalue weighted by atomic mass is 15.2. The second kappa shape index (κ2) is 4.65. The van der Waals surface area contributed by atoms with E-state index in [1.807, 2.05) is 6.07 Å². The highest BCUT2D eigenvalue weighted by molar-refractivity contribution is 5.98. The monoisotopic (exact) mass is 236 g/mol. The Morgan fingerprint density at radius 1 is 0.944 bits per heavy atom. The zero-order valence-electron chi connectivity index (χ0n) is 10.5.